The smallest absolute Gasteiger partial charge is 0.284 e. The van der Waals surface area contributed by atoms with E-state index in [9.17, 15) is 4.79 Å². The fourth-order valence-corrected chi connectivity index (χ4v) is 2.56. The van der Waals surface area contributed by atoms with Crippen LogP contribution < -0.4 is 10.1 Å². The third-order valence-electron chi connectivity index (χ3n) is 3.14. The van der Waals surface area contributed by atoms with Crippen LogP contribution in [-0.4, -0.2) is 28.5 Å². The van der Waals surface area contributed by atoms with Crippen LogP contribution in [0.15, 0.2) is 56.7 Å². The number of hydrogen-bond acceptors (Lipinski definition) is 7. The van der Waals surface area contributed by atoms with E-state index in [1.165, 1.54) is 18.0 Å². The molecule has 2 heterocycles. The van der Waals surface area contributed by atoms with Crippen LogP contribution in [0.3, 0.4) is 0 Å². The number of anilines is 1. The SMILES string of the molecule is COc1ccc(NC(=O)[C@@H](C)Sc2nnc(-c3ccco3)o2)cc1. The lowest BCUT2D eigenvalue weighted by Gasteiger charge is -2.10. The van der Waals surface area contributed by atoms with Crippen molar-refractivity contribution in [1.82, 2.24) is 10.2 Å². The minimum atomic E-state index is -0.406. The zero-order valence-corrected chi connectivity index (χ0v) is 13.9. The highest BCUT2D eigenvalue weighted by molar-refractivity contribution is 8.00. The van der Waals surface area contributed by atoms with E-state index in [2.05, 4.69) is 15.5 Å². The van der Waals surface area contributed by atoms with Crippen molar-refractivity contribution in [2.24, 2.45) is 0 Å². The van der Waals surface area contributed by atoms with Gasteiger partial charge < -0.3 is 18.9 Å². The number of thioether (sulfide) groups is 1. The predicted molar refractivity (Wildman–Crippen MR) is 88.9 cm³/mol. The molecule has 124 valence electrons. The summed E-state index contributed by atoms with van der Waals surface area (Å²) in [6.45, 7) is 1.76. The monoisotopic (exact) mass is 345 g/mol. The van der Waals surface area contributed by atoms with Crippen LogP contribution in [-0.2, 0) is 4.79 Å². The van der Waals surface area contributed by atoms with Gasteiger partial charge in [0.2, 0.25) is 5.91 Å². The molecule has 0 aliphatic rings. The summed E-state index contributed by atoms with van der Waals surface area (Å²) in [5, 5.41) is 10.5. The second kappa shape index (κ2) is 7.22. The summed E-state index contributed by atoms with van der Waals surface area (Å²) in [5.41, 5.74) is 0.690. The molecule has 0 unspecified atom stereocenters. The van der Waals surface area contributed by atoms with Crippen molar-refractivity contribution in [2.45, 2.75) is 17.4 Å². The number of carbonyl (C=O) groups is 1. The number of ether oxygens (including phenoxy) is 1. The fraction of sp³-hybridized carbons (Fsp3) is 0.188. The van der Waals surface area contributed by atoms with Gasteiger partial charge in [-0.2, -0.15) is 0 Å². The Labute approximate surface area is 142 Å². The summed E-state index contributed by atoms with van der Waals surface area (Å²) in [4.78, 5) is 12.2. The zero-order valence-electron chi connectivity index (χ0n) is 13.1. The van der Waals surface area contributed by atoms with Crippen molar-refractivity contribution in [2.75, 3.05) is 12.4 Å². The number of nitrogens with one attached hydrogen (secondary N) is 1. The quantitative estimate of drug-likeness (QED) is 0.684. The van der Waals surface area contributed by atoms with Gasteiger partial charge >= 0.3 is 0 Å². The first kappa shape index (κ1) is 16.1. The van der Waals surface area contributed by atoms with Crippen LogP contribution in [0, 0.1) is 0 Å². The molecule has 1 aromatic carbocycles. The van der Waals surface area contributed by atoms with E-state index in [1.54, 1.807) is 50.4 Å². The number of carbonyl (C=O) groups excluding carboxylic acids is 1. The Balaban J connectivity index is 1.59. The van der Waals surface area contributed by atoms with Crippen molar-refractivity contribution in [3.05, 3.63) is 42.7 Å². The van der Waals surface area contributed by atoms with E-state index in [1.807, 2.05) is 0 Å². The summed E-state index contributed by atoms with van der Waals surface area (Å²) in [6, 6.07) is 10.6. The number of amides is 1. The van der Waals surface area contributed by atoms with Crippen LogP contribution in [0.2, 0.25) is 0 Å². The van der Waals surface area contributed by atoms with Gasteiger partial charge in [-0.3, -0.25) is 4.79 Å². The summed E-state index contributed by atoms with van der Waals surface area (Å²) in [5.74, 6) is 1.34. The average Bonchev–Trinajstić information content (AvgIpc) is 3.26. The Hall–Kier alpha value is -2.74. The number of benzene rings is 1. The first-order valence-electron chi connectivity index (χ1n) is 7.14. The zero-order chi connectivity index (χ0) is 16.9. The molecule has 7 nitrogen and oxygen atoms in total. The Morgan fingerprint density at radius 3 is 2.71 bits per heavy atom. The standard InChI is InChI=1S/C16H15N3O4S/c1-10(14(20)17-11-5-7-12(21-2)8-6-11)24-16-19-18-15(23-16)13-4-3-9-22-13/h3-10H,1-2H3,(H,17,20)/t10-/m1/s1. The minimum Gasteiger partial charge on any atom is -0.497 e. The molecule has 24 heavy (non-hydrogen) atoms. The Kier molecular flexibility index (Phi) is 4.85. The van der Waals surface area contributed by atoms with Crippen LogP contribution >= 0.6 is 11.8 Å². The minimum absolute atomic E-state index is 0.164. The lowest BCUT2D eigenvalue weighted by atomic mass is 10.3. The fourth-order valence-electron chi connectivity index (χ4n) is 1.88. The second-order valence-electron chi connectivity index (χ2n) is 4.83. The molecule has 0 aliphatic carbocycles. The van der Waals surface area contributed by atoms with Gasteiger partial charge in [-0.15, -0.1) is 10.2 Å². The third kappa shape index (κ3) is 3.77. The lowest BCUT2D eigenvalue weighted by Crippen LogP contribution is -2.22. The largest absolute Gasteiger partial charge is 0.497 e. The van der Waals surface area contributed by atoms with Crippen molar-refractivity contribution >= 4 is 23.4 Å². The third-order valence-corrected chi connectivity index (χ3v) is 4.08. The molecule has 0 aliphatic heterocycles. The van der Waals surface area contributed by atoms with Crippen molar-refractivity contribution in [1.29, 1.82) is 0 Å². The van der Waals surface area contributed by atoms with Crippen LogP contribution in [0.4, 0.5) is 5.69 Å². The maximum absolute atomic E-state index is 12.2. The molecule has 0 saturated carbocycles. The summed E-state index contributed by atoms with van der Waals surface area (Å²) < 4.78 is 15.7. The molecule has 1 N–H and O–H groups in total. The molecule has 8 heteroatoms. The normalized spacial score (nSPS) is 11.9. The number of aromatic nitrogens is 2. The Morgan fingerprint density at radius 1 is 1.25 bits per heavy atom. The van der Waals surface area contributed by atoms with E-state index in [0.717, 1.165) is 5.75 Å². The first-order chi connectivity index (χ1) is 11.7. The molecule has 3 rings (SSSR count). The van der Waals surface area contributed by atoms with Crippen molar-refractivity contribution in [3.63, 3.8) is 0 Å². The molecule has 0 bridgehead atoms. The van der Waals surface area contributed by atoms with E-state index < -0.39 is 5.25 Å². The highest BCUT2D eigenvalue weighted by Gasteiger charge is 2.19. The lowest BCUT2D eigenvalue weighted by molar-refractivity contribution is -0.115. The summed E-state index contributed by atoms with van der Waals surface area (Å²) >= 11 is 1.18. The molecule has 0 spiro atoms. The molecular formula is C16H15N3O4S. The van der Waals surface area contributed by atoms with Crippen molar-refractivity contribution < 1.29 is 18.4 Å². The van der Waals surface area contributed by atoms with Gasteiger partial charge in [-0.25, -0.2) is 0 Å². The van der Waals surface area contributed by atoms with Gasteiger partial charge in [0.25, 0.3) is 11.1 Å². The molecule has 0 saturated heterocycles. The van der Waals surface area contributed by atoms with Gasteiger partial charge in [0.1, 0.15) is 5.75 Å². The summed E-state index contributed by atoms with van der Waals surface area (Å²) in [7, 11) is 1.59. The Bertz CT molecular complexity index is 799. The number of methoxy groups -OCH3 is 1. The molecule has 1 amide bonds. The number of rotatable bonds is 6. The topological polar surface area (TPSA) is 90.4 Å². The predicted octanol–water partition coefficient (Wildman–Crippen LogP) is 3.46. The van der Waals surface area contributed by atoms with E-state index >= 15 is 0 Å². The van der Waals surface area contributed by atoms with Gasteiger partial charge in [-0.1, -0.05) is 11.8 Å². The number of furan rings is 1. The molecule has 3 aromatic rings. The first-order valence-corrected chi connectivity index (χ1v) is 8.02. The number of hydrogen-bond donors (Lipinski definition) is 1. The van der Waals surface area contributed by atoms with Gasteiger partial charge in [0.15, 0.2) is 5.76 Å². The molecule has 1 atom stereocenters. The van der Waals surface area contributed by atoms with Crippen molar-refractivity contribution in [3.8, 4) is 17.4 Å². The van der Waals surface area contributed by atoms with E-state index in [4.69, 9.17) is 13.6 Å². The maximum Gasteiger partial charge on any atom is 0.284 e. The Morgan fingerprint density at radius 2 is 2.04 bits per heavy atom. The van der Waals surface area contributed by atoms with Gasteiger partial charge in [0.05, 0.1) is 18.6 Å². The molecule has 0 fully saturated rings. The van der Waals surface area contributed by atoms with Gasteiger partial charge in [-0.05, 0) is 43.3 Å². The molecule has 2 aromatic heterocycles. The average molecular weight is 345 g/mol. The highest BCUT2D eigenvalue weighted by Crippen LogP contribution is 2.27. The molecular weight excluding hydrogens is 330 g/mol. The maximum atomic E-state index is 12.2. The molecule has 0 radical (unpaired) electrons. The van der Waals surface area contributed by atoms with Crippen LogP contribution in [0.5, 0.6) is 5.75 Å². The van der Waals surface area contributed by atoms with Gasteiger partial charge in [0, 0.05) is 5.69 Å². The second-order valence-corrected chi connectivity index (χ2v) is 6.12. The summed E-state index contributed by atoms with van der Waals surface area (Å²) in [6.07, 6.45) is 1.53. The highest BCUT2D eigenvalue weighted by atomic mass is 32.2. The van der Waals surface area contributed by atoms with E-state index in [0.29, 0.717) is 16.7 Å². The van der Waals surface area contributed by atoms with E-state index in [-0.39, 0.29) is 11.8 Å². The van der Waals surface area contributed by atoms with Crippen LogP contribution in [0.25, 0.3) is 11.7 Å². The van der Waals surface area contributed by atoms with Crippen LogP contribution in [0.1, 0.15) is 6.92 Å². The number of nitrogens with zero attached hydrogens (tertiary/aromatic N) is 2.